The molecule has 2 heterocycles. The highest BCUT2D eigenvalue weighted by atomic mass is 32.1. The molecule has 1 aliphatic heterocycles. The Hall–Kier alpha value is -2.34. The third-order valence-corrected chi connectivity index (χ3v) is 5.69. The highest BCUT2D eigenvalue weighted by Crippen LogP contribution is 2.23. The number of carbonyl (C=O) groups is 2. The number of ether oxygens (including phenoxy) is 1. The summed E-state index contributed by atoms with van der Waals surface area (Å²) in [6.45, 7) is 6.26. The van der Waals surface area contributed by atoms with E-state index in [4.69, 9.17) is 4.74 Å². The van der Waals surface area contributed by atoms with Gasteiger partial charge < -0.3 is 14.5 Å². The molecule has 0 N–H and O–H groups in total. The molecule has 0 aliphatic carbocycles. The fourth-order valence-electron chi connectivity index (χ4n) is 2.89. The van der Waals surface area contributed by atoms with Crippen molar-refractivity contribution in [3.05, 3.63) is 51.2 Å². The summed E-state index contributed by atoms with van der Waals surface area (Å²) < 4.78 is 5.18. The van der Waals surface area contributed by atoms with E-state index in [0.29, 0.717) is 37.5 Å². The highest BCUT2D eigenvalue weighted by molar-refractivity contribution is 7.14. The molecule has 2 amide bonds. The Morgan fingerprint density at radius 2 is 1.64 bits per heavy atom. The van der Waals surface area contributed by atoms with Gasteiger partial charge in [0, 0.05) is 36.6 Å². The predicted octanol–water partition coefficient (Wildman–Crippen LogP) is 2.97. The number of carbonyl (C=O) groups excluding carboxylic acids is 2. The van der Waals surface area contributed by atoms with E-state index in [2.05, 4.69) is 0 Å². The van der Waals surface area contributed by atoms with E-state index in [1.165, 1.54) is 16.2 Å². The van der Waals surface area contributed by atoms with Gasteiger partial charge in [-0.1, -0.05) is 6.07 Å². The number of hydrogen-bond acceptors (Lipinski definition) is 4. The third kappa shape index (κ3) is 3.69. The average Bonchev–Trinajstić information content (AvgIpc) is 2.99. The number of nitrogens with zero attached hydrogens (tertiary/aromatic N) is 2. The Morgan fingerprint density at radius 1 is 1.00 bits per heavy atom. The summed E-state index contributed by atoms with van der Waals surface area (Å²) in [5.41, 5.74) is 1.77. The molecule has 3 rings (SSSR count). The van der Waals surface area contributed by atoms with E-state index >= 15 is 0 Å². The van der Waals surface area contributed by atoms with Gasteiger partial charge in [0.2, 0.25) is 0 Å². The van der Waals surface area contributed by atoms with Crippen molar-refractivity contribution in [2.24, 2.45) is 0 Å². The lowest BCUT2D eigenvalue weighted by Gasteiger charge is -2.34. The second-order valence-corrected chi connectivity index (χ2v) is 7.42. The molecule has 0 atom stereocenters. The molecule has 1 aliphatic rings. The number of rotatable bonds is 3. The molecule has 132 valence electrons. The number of benzene rings is 1. The third-order valence-electron chi connectivity index (χ3n) is 4.55. The fourth-order valence-corrected chi connectivity index (χ4v) is 3.89. The molecule has 0 saturated carbocycles. The van der Waals surface area contributed by atoms with Crippen molar-refractivity contribution in [3.8, 4) is 5.75 Å². The van der Waals surface area contributed by atoms with Gasteiger partial charge in [0.1, 0.15) is 5.75 Å². The first-order valence-corrected chi connectivity index (χ1v) is 9.11. The molecular weight excluding hydrogens is 336 g/mol. The number of piperazine rings is 1. The average molecular weight is 358 g/mol. The Bertz CT molecular complexity index is 772. The summed E-state index contributed by atoms with van der Waals surface area (Å²) in [6.07, 6.45) is 0. The molecule has 0 spiro atoms. The summed E-state index contributed by atoms with van der Waals surface area (Å²) >= 11 is 1.54. The number of aryl methyl sites for hydroxylation is 2. The molecule has 25 heavy (non-hydrogen) atoms. The minimum absolute atomic E-state index is 0.0196. The number of methoxy groups -OCH3 is 1. The molecule has 0 radical (unpaired) electrons. The largest absolute Gasteiger partial charge is 0.497 e. The van der Waals surface area contributed by atoms with E-state index < -0.39 is 0 Å². The molecule has 0 unspecified atom stereocenters. The zero-order valence-electron chi connectivity index (χ0n) is 14.7. The quantitative estimate of drug-likeness (QED) is 0.848. The zero-order valence-corrected chi connectivity index (χ0v) is 15.6. The minimum Gasteiger partial charge on any atom is -0.497 e. The standard InChI is InChI=1S/C19H22N2O3S/c1-13-11-17(25-14(13)2)19(23)21-9-7-20(8-10-21)18(22)15-5-4-6-16(12-15)24-3/h4-6,11-12H,7-10H2,1-3H3. The normalized spacial score (nSPS) is 14.5. The van der Waals surface area contributed by atoms with Gasteiger partial charge in [-0.15, -0.1) is 11.3 Å². The van der Waals surface area contributed by atoms with Crippen LogP contribution in [0.25, 0.3) is 0 Å². The monoisotopic (exact) mass is 358 g/mol. The fraction of sp³-hybridized carbons (Fsp3) is 0.368. The van der Waals surface area contributed by atoms with E-state index in [-0.39, 0.29) is 11.8 Å². The number of thiophene rings is 1. The summed E-state index contributed by atoms with van der Waals surface area (Å²) in [6, 6.07) is 9.12. The van der Waals surface area contributed by atoms with Crippen molar-refractivity contribution >= 4 is 23.2 Å². The van der Waals surface area contributed by atoms with Crippen LogP contribution >= 0.6 is 11.3 Å². The van der Waals surface area contributed by atoms with E-state index in [9.17, 15) is 9.59 Å². The lowest BCUT2D eigenvalue weighted by Crippen LogP contribution is -2.50. The van der Waals surface area contributed by atoms with Crippen molar-refractivity contribution in [2.45, 2.75) is 13.8 Å². The van der Waals surface area contributed by atoms with Crippen molar-refractivity contribution in [1.82, 2.24) is 9.80 Å². The molecule has 5 nitrogen and oxygen atoms in total. The second kappa shape index (κ2) is 7.27. The molecule has 1 saturated heterocycles. The first kappa shape index (κ1) is 17.5. The molecule has 0 bridgehead atoms. The summed E-state index contributed by atoms with van der Waals surface area (Å²) in [4.78, 5) is 30.8. The molecular formula is C19H22N2O3S. The van der Waals surface area contributed by atoms with Crippen LogP contribution in [0, 0.1) is 13.8 Å². The Morgan fingerprint density at radius 3 is 2.20 bits per heavy atom. The van der Waals surface area contributed by atoms with E-state index in [1.807, 2.05) is 36.9 Å². The van der Waals surface area contributed by atoms with Gasteiger partial charge in [0.15, 0.2) is 0 Å². The maximum atomic E-state index is 12.6. The lowest BCUT2D eigenvalue weighted by atomic mass is 10.1. The maximum Gasteiger partial charge on any atom is 0.264 e. The van der Waals surface area contributed by atoms with Crippen molar-refractivity contribution in [3.63, 3.8) is 0 Å². The lowest BCUT2D eigenvalue weighted by molar-refractivity contribution is 0.0538. The topological polar surface area (TPSA) is 49.9 Å². The van der Waals surface area contributed by atoms with E-state index in [0.717, 1.165) is 10.4 Å². The summed E-state index contributed by atoms with van der Waals surface area (Å²) in [5.74, 6) is 0.714. The van der Waals surface area contributed by atoms with Crippen LogP contribution in [-0.4, -0.2) is 54.9 Å². The van der Waals surface area contributed by atoms with Crippen molar-refractivity contribution in [2.75, 3.05) is 33.3 Å². The van der Waals surface area contributed by atoms with Crippen LogP contribution in [0.4, 0.5) is 0 Å². The predicted molar refractivity (Wildman–Crippen MR) is 98.6 cm³/mol. The molecule has 2 aromatic rings. The first-order valence-electron chi connectivity index (χ1n) is 8.29. The number of hydrogen-bond donors (Lipinski definition) is 0. The van der Waals surface area contributed by atoms with Crippen LogP contribution in [0.15, 0.2) is 30.3 Å². The van der Waals surface area contributed by atoms with Gasteiger partial charge >= 0.3 is 0 Å². The van der Waals surface area contributed by atoms with Gasteiger partial charge in [-0.2, -0.15) is 0 Å². The van der Waals surface area contributed by atoms with Crippen LogP contribution in [0.1, 0.15) is 30.5 Å². The van der Waals surface area contributed by atoms with Gasteiger partial charge in [-0.3, -0.25) is 9.59 Å². The van der Waals surface area contributed by atoms with Gasteiger partial charge in [0.25, 0.3) is 11.8 Å². The molecule has 1 fully saturated rings. The summed E-state index contributed by atoms with van der Waals surface area (Å²) in [5, 5.41) is 0. The van der Waals surface area contributed by atoms with Crippen molar-refractivity contribution in [1.29, 1.82) is 0 Å². The van der Waals surface area contributed by atoms with Crippen LogP contribution in [-0.2, 0) is 0 Å². The SMILES string of the molecule is COc1cccc(C(=O)N2CCN(C(=O)c3cc(C)c(C)s3)CC2)c1. The maximum absolute atomic E-state index is 12.6. The first-order chi connectivity index (χ1) is 12.0. The Labute approximate surface area is 151 Å². The second-order valence-electron chi connectivity index (χ2n) is 6.17. The smallest absolute Gasteiger partial charge is 0.264 e. The summed E-state index contributed by atoms with van der Waals surface area (Å²) in [7, 11) is 1.59. The van der Waals surface area contributed by atoms with Crippen LogP contribution < -0.4 is 4.74 Å². The van der Waals surface area contributed by atoms with E-state index in [1.54, 1.807) is 24.1 Å². The van der Waals surface area contributed by atoms with Gasteiger partial charge in [-0.25, -0.2) is 0 Å². The Balaban J connectivity index is 1.63. The van der Waals surface area contributed by atoms with Crippen molar-refractivity contribution < 1.29 is 14.3 Å². The number of amides is 2. The Kier molecular flexibility index (Phi) is 5.08. The van der Waals surface area contributed by atoms with Crippen LogP contribution in [0.5, 0.6) is 5.75 Å². The molecule has 1 aromatic carbocycles. The van der Waals surface area contributed by atoms with Gasteiger partial charge in [0.05, 0.1) is 12.0 Å². The van der Waals surface area contributed by atoms with Crippen LogP contribution in [0.2, 0.25) is 0 Å². The molecule has 1 aromatic heterocycles. The minimum atomic E-state index is -0.0196. The van der Waals surface area contributed by atoms with Crippen LogP contribution in [0.3, 0.4) is 0 Å². The van der Waals surface area contributed by atoms with Gasteiger partial charge in [-0.05, 0) is 43.7 Å². The highest BCUT2D eigenvalue weighted by Gasteiger charge is 2.26. The molecule has 6 heteroatoms. The zero-order chi connectivity index (χ0) is 18.0.